The number of aromatic nitrogens is 1. The molecule has 0 fully saturated rings. The standard InChI is InChI=1S/C7H6Cl2N2O2.ClH/c1-13-7(12)4-3(10)2-11-6(9)5(4)8;/h2H,10H2,1H3;1H. The molecule has 0 saturated heterocycles. The van der Waals surface area contributed by atoms with E-state index in [1.165, 1.54) is 13.3 Å². The van der Waals surface area contributed by atoms with Gasteiger partial charge >= 0.3 is 5.97 Å². The van der Waals surface area contributed by atoms with E-state index < -0.39 is 5.97 Å². The second kappa shape index (κ2) is 5.24. The third-order valence-corrected chi connectivity index (χ3v) is 2.15. The lowest BCUT2D eigenvalue weighted by Gasteiger charge is -2.05. The van der Waals surface area contributed by atoms with Gasteiger partial charge in [-0.1, -0.05) is 23.2 Å². The number of esters is 1. The lowest BCUT2D eigenvalue weighted by Crippen LogP contribution is -2.07. The van der Waals surface area contributed by atoms with E-state index in [0.717, 1.165) is 0 Å². The summed E-state index contributed by atoms with van der Waals surface area (Å²) in [5.74, 6) is -0.633. The van der Waals surface area contributed by atoms with Crippen molar-refractivity contribution in [2.24, 2.45) is 0 Å². The first-order valence-corrected chi connectivity index (χ1v) is 4.01. The summed E-state index contributed by atoms with van der Waals surface area (Å²) in [6, 6.07) is 0. The van der Waals surface area contributed by atoms with Crippen LogP contribution < -0.4 is 5.73 Å². The lowest BCUT2D eigenvalue weighted by molar-refractivity contribution is 0.0602. The highest BCUT2D eigenvalue weighted by atomic mass is 35.5. The highest BCUT2D eigenvalue weighted by Crippen LogP contribution is 2.28. The Labute approximate surface area is 96.8 Å². The molecular formula is C7H7Cl3N2O2. The fraction of sp³-hybridized carbons (Fsp3) is 0.143. The van der Waals surface area contributed by atoms with E-state index in [-0.39, 0.29) is 33.8 Å². The predicted molar refractivity (Wildman–Crippen MR) is 57.3 cm³/mol. The summed E-state index contributed by atoms with van der Waals surface area (Å²) in [5.41, 5.74) is 5.65. The Morgan fingerprint density at radius 3 is 2.64 bits per heavy atom. The van der Waals surface area contributed by atoms with Crippen molar-refractivity contribution in [2.45, 2.75) is 0 Å². The molecule has 78 valence electrons. The highest BCUT2D eigenvalue weighted by molar-refractivity contribution is 6.43. The van der Waals surface area contributed by atoms with Gasteiger partial charge in [0.15, 0.2) is 0 Å². The molecule has 4 nitrogen and oxygen atoms in total. The molecule has 1 aromatic heterocycles. The molecule has 0 aliphatic rings. The number of nitrogens with zero attached hydrogens (tertiary/aromatic N) is 1. The third-order valence-electron chi connectivity index (χ3n) is 1.40. The van der Waals surface area contributed by atoms with Gasteiger partial charge in [-0.15, -0.1) is 12.4 Å². The molecule has 0 aliphatic carbocycles. The van der Waals surface area contributed by atoms with Gasteiger partial charge in [0.2, 0.25) is 0 Å². The quantitative estimate of drug-likeness (QED) is 0.618. The van der Waals surface area contributed by atoms with Gasteiger partial charge in [0.1, 0.15) is 10.7 Å². The zero-order valence-corrected chi connectivity index (χ0v) is 9.41. The number of nitrogen functional groups attached to an aromatic ring is 1. The number of halogens is 3. The molecule has 1 heterocycles. The van der Waals surface area contributed by atoms with E-state index in [9.17, 15) is 4.79 Å². The van der Waals surface area contributed by atoms with Gasteiger partial charge in [-0.25, -0.2) is 9.78 Å². The van der Waals surface area contributed by atoms with E-state index in [1.54, 1.807) is 0 Å². The molecule has 0 atom stereocenters. The molecule has 0 aliphatic heterocycles. The van der Waals surface area contributed by atoms with E-state index in [4.69, 9.17) is 28.9 Å². The predicted octanol–water partition coefficient (Wildman–Crippen LogP) is 2.18. The zero-order valence-electron chi connectivity index (χ0n) is 7.08. The van der Waals surface area contributed by atoms with Crippen LogP contribution in [-0.2, 0) is 4.74 Å². The van der Waals surface area contributed by atoms with Gasteiger partial charge in [-0.3, -0.25) is 0 Å². The summed E-state index contributed by atoms with van der Waals surface area (Å²) in [6.45, 7) is 0. The Morgan fingerprint density at radius 2 is 2.14 bits per heavy atom. The number of ether oxygens (including phenoxy) is 1. The van der Waals surface area contributed by atoms with Gasteiger partial charge in [-0.05, 0) is 0 Å². The van der Waals surface area contributed by atoms with Crippen LogP contribution in [0.4, 0.5) is 5.69 Å². The average molecular weight is 258 g/mol. The largest absolute Gasteiger partial charge is 0.465 e. The van der Waals surface area contributed by atoms with Crippen LogP contribution in [0.15, 0.2) is 6.20 Å². The maximum atomic E-state index is 11.1. The van der Waals surface area contributed by atoms with E-state index in [2.05, 4.69) is 9.72 Å². The van der Waals surface area contributed by atoms with Crippen LogP contribution in [-0.4, -0.2) is 18.1 Å². The number of anilines is 1. The molecule has 0 bridgehead atoms. The highest BCUT2D eigenvalue weighted by Gasteiger charge is 2.17. The zero-order chi connectivity index (χ0) is 10.0. The number of carbonyl (C=O) groups excluding carboxylic acids is 1. The van der Waals surface area contributed by atoms with Crippen LogP contribution in [0.1, 0.15) is 10.4 Å². The summed E-state index contributed by atoms with van der Waals surface area (Å²) in [5, 5.41) is 0.0322. The molecule has 2 N–H and O–H groups in total. The molecule has 1 aromatic rings. The second-order valence-electron chi connectivity index (χ2n) is 2.18. The molecule has 0 radical (unpaired) electrons. The number of hydrogen-bond acceptors (Lipinski definition) is 4. The number of nitrogens with two attached hydrogens (primary N) is 1. The van der Waals surface area contributed by atoms with Crippen molar-refractivity contribution in [3.05, 3.63) is 21.9 Å². The normalized spacial score (nSPS) is 9.07. The van der Waals surface area contributed by atoms with E-state index in [1.807, 2.05) is 0 Å². The van der Waals surface area contributed by atoms with Crippen LogP contribution in [0.3, 0.4) is 0 Å². The SMILES string of the molecule is COC(=O)c1c(N)cnc(Cl)c1Cl.Cl. The second-order valence-corrected chi connectivity index (χ2v) is 2.92. The van der Waals surface area contributed by atoms with Crippen molar-refractivity contribution in [1.29, 1.82) is 0 Å². The van der Waals surface area contributed by atoms with Gasteiger partial charge in [0.25, 0.3) is 0 Å². The Hall–Kier alpha value is -0.710. The number of hydrogen-bond donors (Lipinski definition) is 1. The fourth-order valence-electron chi connectivity index (χ4n) is 0.787. The summed E-state index contributed by atoms with van der Waals surface area (Å²) < 4.78 is 4.46. The fourth-order valence-corrected chi connectivity index (χ4v) is 1.17. The van der Waals surface area contributed by atoms with Crippen molar-refractivity contribution >= 4 is 47.3 Å². The van der Waals surface area contributed by atoms with Crippen LogP contribution in [0, 0.1) is 0 Å². The van der Waals surface area contributed by atoms with Crippen LogP contribution in [0.5, 0.6) is 0 Å². The summed E-state index contributed by atoms with van der Waals surface area (Å²) in [6.07, 6.45) is 1.25. The smallest absolute Gasteiger partial charge is 0.341 e. The first-order chi connectivity index (χ1) is 6.07. The summed E-state index contributed by atoms with van der Waals surface area (Å²) in [4.78, 5) is 14.8. The minimum atomic E-state index is -0.633. The molecule has 0 spiro atoms. The van der Waals surface area contributed by atoms with Gasteiger partial charge in [0, 0.05) is 0 Å². The van der Waals surface area contributed by atoms with Gasteiger partial charge in [-0.2, -0.15) is 0 Å². The molecule has 14 heavy (non-hydrogen) atoms. The third kappa shape index (κ3) is 2.41. The number of pyridine rings is 1. The number of rotatable bonds is 1. The lowest BCUT2D eigenvalue weighted by atomic mass is 10.2. The molecule has 0 saturated carbocycles. The van der Waals surface area contributed by atoms with Crippen LogP contribution in [0.2, 0.25) is 10.2 Å². The molecule has 0 unspecified atom stereocenters. The van der Waals surface area contributed by atoms with Crippen molar-refractivity contribution in [3.63, 3.8) is 0 Å². The number of carbonyl (C=O) groups is 1. The van der Waals surface area contributed by atoms with E-state index >= 15 is 0 Å². The first-order valence-electron chi connectivity index (χ1n) is 3.25. The summed E-state index contributed by atoms with van der Waals surface area (Å²) >= 11 is 11.3. The molecule has 7 heteroatoms. The van der Waals surface area contributed by atoms with E-state index in [0.29, 0.717) is 0 Å². The summed E-state index contributed by atoms with van der Waals surface area (Å²) in [7, 11) is 1.23. The molecular weight excluding hydrogens is 250 g/mol. The van der Waals surface area contributed by atoms with Crippen molar-refractivity contribution in [3.8, 4) is 0 Å². The maximum absolute atomic E-state index is 11.1. The van der Waals surface area contributed by atoms with Crippen molar-refractivity contribution in [2.75, 3.05) is 12.8 Å². The maximum Gasteiger partial charge on any atom is 0.341 e. The number of methoxy groups -OCH3 is 1. The van der Waals surface area contributed by atoms with Crippen LogP contribution >= 0.6 is 35.6 Å². The Morgan fingerprint density at radius 1 is 1.57 bits per heavy atom. The minimum Gasteiger partial charge on any atom is -0.465 e. The Balaban J connectivity index is 0.00000169. The van der Waals surface area contributed by atoms with Crippen molar-refractivity contribution in [1.82, 2.24) is 4.98 Å². The molecule has 0 amide bonds. The first kappa shape index (κ1) is 13.3. The topological polar surface area (TPSA) is 65.2 Å². The van der Waals surface area contributed by atoms with Crippen molar-refractivity contribution < 1.29 is 9.53 Å². The molecule has 1 rings (SSSR count). The van der Waals surface area contributed by atoms with Gasteiger partial charge < -0.3 is 10.5 Å². The monoisotopic (exact) mass is 256 g/mol. The molecule has 0 aromatic carbocycles. The Kier molecular flexibility index (Phi) is 4.97. The minimum absolute atomic E-state index is 0. The average Bonchev–Trinajstić information content (AvgIpc) is 2.12. The van der Waals surface area contributed by atoms with Gasteiger partial charge in [0.05, 0.1) is 24.0 Å². The Bertz CT molecular complexity index is 357. The van der Waals surface area contributed by atoms with Crippen LogP contribution in [0.25, 0.3) is 0 Å².